The van der Waals surface area contributed by atoms with Crippen LogP contribution in [0.5, 0.6) is 0 Å². The number of carbonyl (C=O) groups excluding carboxylic acids is 1. The average Bonchev–Trinajstić information content (AvgIpc) is 3.60. The van der Waals surface area contributed by atoms with Crippen LogP contribution in [0.3, 0.4) is 0 Å². The number of carbonyl (C=O) groups is 1. The second-order valence-corrected chi connectivity index (χ2v) is 9.07. The summed E-state index contributed by atoms with van der Waals surface area (Å²) < 4.78 is 0. The maximum Gasteiger partial charge on any atom is 0.272 e. The highest BCUT2D eigenvalue weighted by molar-refractivity contribution is 5.92. The molecule has 2 aromatic carbocycles. The van der Waals surface area contributed by atoms with E-state index >= 15 is 0 Å². The van der Waals surface area contributed by atoms with E-state index in [2.05, 4.69) is 59.2 Å². The standard InChI is InChI=1S/C28H29N3O2/c1-29-16-23-5-4-8-27(30-23)28(33)31-14-13-21(17-31)24-12-11-20(15-22(24)18-32)26-7-3-2-6-25(26)19-9-10-19/h2-8,11-12,15,19,21,32H,1,9-10,13-14,16-18H2. The Morgan fingerprint density at radius 3 is 2.67 bits per heavy atom. The first kappa shape index (κ1) is 21.5. The number of rotatable bonds is 7. The predicted octanol–water partition coefficient (Wildman–Crippen LogP) is 4.95. The number of nitrogens with zero attached hydrogens (tertiary/aromatic N) is 3. The lowest BCUT2D eigenvalue weighted by atomic mass is 9.89. The van der Waals surface area contributed by atoms with Gasteiger partial charge in [0.15, 0.2) is 0 Å². The van der Waals surface area contributed by atoms with Crippen LogP contribution in [0, 0.1) is 0 Å². The number of aliphatic hydroxyl groups excluding tert-OH is 1. The Balaban J connectivity index is 1.36. The number of aliphatic hydroxyl groups is 1. The van der Waals surface area contributed by atoms with Crippen LogP contribution in [0.1, 0.15) is 64.0 Å². The van der Waals surface area contributed by atoms with Crippen molar-refractivity contribution in [2.75, 3.05) is 13.1 Å². The Morgan fingerprint density at radius 1 is 1.03 bits per heavy atom. The summed E-state index contributed by atoms with van der Waals surface area (Å²) in [5.74, 6) is 0.827. The zero-order chi connectivity index (χ0) is 22.8. The second kappa shape index (κ2) is 9.28. The van der Waals surface area contributed by atoms with Crippen molar-refractivity contribution < 1.29 is 9.90 Å². The van der Waals surface area contributed by atoms with Gasteiger partial charge in [-0.15, -0.1) is 0 Å². The molecule has 2 heterocycles. The minimum atomic E-state index is -0.0519. The molecule has 1 atom stereocenters. The van der Waals surface area contributed by atoms with Gasteiger partial charge < -0.3 is 10.0 Å². The third-order valence-corrected chi connectivity index (χ3v) is 6.82. The third-order valence-electron chi connectivity index (χ3n) is 6.82. The fourth-order valence-electron chi connectivity index (χ4n) is 4.98. The number of benzene rings is 2. The van der Waals surface area contributed by atoms with Crippen molar-refractivity contribution in [1.82, 2.24) is 9.88 Å². The van der Waals surface area contributed by atoms with Crippen LogP contribution in [0.25, 0.3) is 11.1 Å². The number of hydrogen-bond acceptors (Lipinski definition) is 4. The van der Waals surface area contributed by atoms with E-state index in [4.69, 9.17) is 0 Å². The molecule has 1 aliphatic carbocycles. The molecular formula is C28H29N3O2. The summed E-state index contributed by atoms with van der Waals surface area (Å²) in [6, 6.07) is 20.5. The van der Waals surface area contributed by atoms with Crippen molar-refractivity contribution in [3.05, 3.63) is 88.7 Å². The Labute approximate surface area is 194 Å². The van der Waals surface area contributed by atoms with Gasteiger partial charge in [0.25, 0.3) is 5.91 Å². The molecule has 5 nitrogen and oxygen atoms in total. The lowest BCUT2D eigenvalue weighted by molar-refractivity contribution is 0.0784. The monoisotopic (exact) mass is 439 g/mol. The van der Waals surface area contributed by atoms with Crippen LogP contribution in [0.4, 0.5) is 0 Å². The van der Waals surface area contributed by atoms with E-state index in [1.54, 1.807) is 6.07 Å². The number of amides is 1. The van der Waals surface area contributed by atoms with E-state index in [1.807, 2.05) is 17.0 Å². The van der Waals surface area contributed by atoms with E-state index in [-0.39, 0.29) is 18.4 Å². The SMILES string of the molecule is C=NCc1cccc(C(=O)N2CCC(c3ccc(-c4ccccc4C4CC4)cc3CO)C2)n1. The van der Waals surface area contributed by atoms with Crippen LogP contribution in [0.15, 0.2) is 65.7 Å². The molecule has 2 aliphatic rings. The van der Waals surface area contributed by atoms with Crippen LogP contribution in [-0.4, -0.2) is 40.7 Å². The van der Waals surface area contributed by atoms with Crippen LogP contribution < -0.4 is 0 Å². The van der Waals surface area contributed by atoms with Gasteiger partial charge in [-0.2, -0.15) is 0 Å². The summed E-state index contributed by atoms with van der Waals surface area (Å²) in [4.78, 5) is 23.2. The Kier molecular flexibility index (Phi) is 6.05. The normalized spacial score (nSPS) is 17.8. The Hall–Kier alpha value is -3.31. The van der Waals surface area contributed by atoms with Gasteiger partial charge in [-0.05, 0) is 77.9 Å². The van der Waals surface area contributed by atoms with Gasteiger partial charge >= 0.3 is 0 Å². The Morgan fingerprint density at radius 2 is 1.88 bits per heavy atom. The molecule has 1 N–H and O–H groups in total. The molecule has 5 heteroatoms. The highest BCUT2D eigenvalue weighted by Crippen LogP contribution is 2.44. The number of hydrogen-bond donors (Lipinski definition) is 1. The predicted molar refractivity (Wildman–Crippen MR) is 131 cm³/mol. The number of aliphatic imine (C=N–C) groups is 1. The highest BCUT2D eigenvalue weighted by Gasteiger charge is 2.30. The minimum Gasteiger partial charge on any atom is -0.392 e. The molecule has 1 saturated heterocycles. The molecule has 1 amide bonds. The summed E-state index contributed by atoms with van der Waals surface area (Å²) in [5.41, 5.74) is 7.13. The fraction of sp³-hybridized carbons (Fsp3) is 0.321. The maximum atomic E-state index is 13.0. The molecule has 1 aromatic heterocycles. The number of aromatic nitrogens is 1. The van der Waals surface area contributed by atoms with Gasteiger partial charge in [0, 0.05) is 19.0 Å². The van der Waals surface area contributed by atoms with Gasteiger partial charge in [-0.1, -0.05) is 42.5 Å². The van der Waals surface area contributed by atoms with Crippen molar-refractivity contribution in [3.63, 3.8) is 0 Å². The first-order valence-electron chi connectivity index (χ1n) is 11.7. The summed E-state index contributed by atoms with van der Waals surface area (Å²) in [6.07, 6.45) is 3.40. The van der Waals surface area contributed by atoms with Crippen molar-refractivity contribution >= 4 is 12.6 Å². The van der Waals surface area contributed by atoms with Gasteiger partial charge in [-0.3, -0.25) is 9.79 Å². The molecular weight excluding hydrogens is 410 g/mol. The first-order valence-corrected chi connectivity index (χ1v) is 11.7. The van der Waals surface area contributed by atoms with E-state index in [0.29, 0.717) is 31.2 Å². The quantitative estimate of drug-likeness (QED) is 0.530. The van der Waals surface area contributed by atoms with Crippen molar-refractivity contribution in [2.45, 2.75) is 44.2 Å². The molecule has 0 bridgehead atoms. The van der Waals surface area contributed by atoms with Crippen LogP contribution >= 0.6 is 0 Å². The molecule has 5 rings (SSSR count). The van der Waals surface area contributed by atoms with E-state index in [0.717, 1.165) is 28.8 Å². The van der Waals surface area contributed by atoms with Crippen molar-refractivity contribution in [3.8, 4) is 11.1 Å². The molecule has 1 saturated carbocycles. The van der Waals surface area contributed by atoms with E-state index < -0.39 is 0 Å². The number of pyridine rings is 1. The molecule has 2 fully saturated rings. The fourth-order valence-corrected chi connectivity index (χ4v) is 4.98. The summed E-state index contributed by atoms with van der Waals surface area (Å²) in [5, 5.41) is 10.2. The highest BCUT2D eigenvalue weighted by atomic mass is 16.3. The van der Waals surface area contributed by atoms with Crippen molar-refractivity contribution in [2.24, 2.45) is 4.99 Å². The molecule has 1 unspecified atom stereocenters. The largest absolute Gasteiger partial charge is 0.392 e. The molecule has 33 heavy (non-hydrogen) atoms. The summed E-state index contributed by atoms with van der Waals surface area (Å²) in [7, 11) is 0. The molecule has 1 aliphatic heterocycles. The zero-order valence-corrected chi connectivity index (χ0v) is 18.8. The minimum absolute atomic E-state index is 0.00261. The van der Waals surface area contributed by atoms with Gasteiger partial charge in [0.2, 0.25) is 0 Å². The molecule has 0 spiro atoms. The molecule has 3 aromatic rings. The second-order valence-electron chi connectivity index (χ2n) is 9.07. The Bertz CT molecular complexity index is 1190. The molecule has 0 radical (unpaired) electrons. The van der Waals surface area contributed by atoms with E-state index in [1.165, 1.54) is 24.0 Å². The van der Waals surface area contributed by atoms with Crippen molar-refractivity contribution in [1.29, 1.82) is 0 Å². The van der Waals surface area contributed by atoms with E-state index in [9.17, 15) is 9.90 Å². The van der Waals surface area contributed by atoms with Gasteiger partial charge in [0.1, 0.15) is 5.69 Å². The topological polar surface area (TPSA) is 65.8 Å². The number of likely N-dealkylation sites (tertiary alicyclic amines) is 1. The summed E-state index contributed by atoms with van der Waals surface area (Å²) >= 11 is 0. The smallest absolute Gasteiger partial charge is 0.272 e. The lowest BCUT2D eigenvalue weighted by Crippen LogP contribution is -2.29. The third kappa shape index (κ3) is 4.46. The summed E-state index contributed by atoms with van der Waals surface area (Å²) in [6.45, 7) is 5.22. The average molecular weight is 440 g/mol. The molecule has 168 valence electrons. The lowest BCUT2D eigenvalue weighted by Gasteiger charge is -2.19. The van der Waals surface area contributed by atoms with Gasteiger partial charge in [0.05, 0.1) is 18.8 Å². The zero-order valence-electron chi connectivity index (χ0n) is 18.8. The maximum absolute atomic E-state index is 13.0. The van der Waals surface area contributed by atoms with Crippen LogP contribution in [-0.2, 0) is 13.2 Å². The van der Waals surface area contributed by atoms with Crippen LogP contribution in [0.2, 0.25) is 0 Å². The first-order chi connectivity index (χ1) is 16.2. The van der Waals surface area contributed by atoms with Gasteiger partial charge in [-0.25, -0.2) is 4.98 Å².